The second kappa shape index (κ2) is 10.6. The largest absolute Gasteiger partial charge is 0.380 e. The normalized spacial score (nSPS) is 16.4. The van der Waals surface area contributed by atoms with Crippen molar-refractivity contribution in [2.75, 3.05) is 13.7 Å². The van der Waals surface area contributed by atoms with Gasteiger partial charge in [0, 0.05) is 26.5 Å². The second-order valence-corrected chi connectivity index (χ2v) is 9.71. The zero-order valence-electron chi connectivity index (χ0n) is 20.1. The van der Waals surface area contributed by atoms with Crippen molar-refractivity contribution in [1.82, 2.24) is 10.6 Å². The molecule has 0 aliphatic carbocycles. The summed E-state index contributed by atoms with van der Waals surface area (Å²) in [5.74, 6) is -1.21. The van der Waals surface area contributed by atoms with Crippen LogP contribution in [0.25, 0.3) is 0 Å². The minimum absolute atomic E-state index is 0.0612. The van der Waals surface area contributed by atoms with Crippen LogP contribution >= 0.6 is 0 Å². The third kappa shape index (κ3) is 6.09. The molecule has 2 aromatic carbocycles. The van der Waals surface area contributed by atoms with Gasteiger partial charge in [0.2, 0.25) is 11.8 Å². The van der Waals surface area contributed by atoms with E-state index in [0.717, 1.165) is 11.1 Å². The highest BCUT2D eigenvalue weighted by atomic mass is 16.5. The minimum atomic E-state index is -0.868. The molecule has 0 aromatic heterocycles. The Hall–Kier alpha value is -3.50. The molecule has 7 heteroatoms. The van der Waals surface area contributed by atoms with Crippen LogP contribution in [0.1, 0.15) is 61.1 Å². The van der Waals surface area contributed by atoms with E-state index < -0.39 is 12.0 Å². The van der Waals surface area contributed by atoms with Crippen molar-refractivity contribution in [3.63, 3.8) is 0 Å². The van der Waals surface area contributed by atoms with Crippen LogP contribution in [0.5, 0.6) is 0 Å². The van der Waals surface area contributed by atoms with Gasteiger partial charge in [0.1, 0.15) is 6.04 Å². The van der Waals surface area contributed by atoms with Crippen LogP contribution in [0, 0.1) is 17.2 Å². The van der Waals surface area contributed by atoms with E-state index in [-0.39, 0.29) is 42.4 Å². The summed E-state index contributed by atoms with van der Waals surface area (Å²) in [6, 6.07) is 14.2. The average molecular weight is 462 g/mol. The molecule has 0 saturated carbocycles. The van der Waals surface area contributed by atoms with Gasteiger partial charge in [-0.2, -0.15) is 5.26 Å². The number of ether oxygens (including phenoxy) is 1. The number of nitrogens with one attached hydrogen (secondary N) is 2. The first-order valence-electron chi connectivity index (χ1n) is 11.3. The number of amides is 2. The number of Topliss-reactive ketones (excluding diaryl/α,β-unsaturated/α-hetero) is 1. The smallest absolute Gasteiger partial charge is 0.226 e. The van der Waals surface area contributed by atoms with Crippen LogP contribution < -0.4 is 10.6 Å². The molecule has 7 nitrogen and oxygen atoms in total. The summed E-state index contributed by atoms with van der Waals surface area (Å²) in [6.45, 7) is 6.82. The van der Waals surface area contributed by atoms with Crippen LogP contribution in [0.15, 0.2) is 42.5 Å². The van der Waals surface area contributed by atoms with Gasteiger partial charge in [0.15, 0.2) is 5.78 Å². The molecule has 0 radical (unpaired) electrons. The quantitative estimate of drug-likeness (QED) is 0.628. The average Bonchev–Trinajstić information content (AvgIpc) is 3.23. The summed E-state index contributed by atoms with van der Waals surface area (Å²) in [6.07, 6.45) is 0.172. The van der Waals surface area contributed by atoms with Crippen molar-refractivity contribution in [2.24, 2.45) is 5.92 Å². The molecular weight excluding hydrogens is 430 g/mol. The fraction of sp³-hybridized carbons (Fsp3) is 0.407. The molecular formula is C27H31N3O4. The van der Waals surface area contributed by atoms with Gasteiger partial charge in [-0.25, -0.2) is 0 Å². The Balaban J connectivity index is 1.86. The topological polar surface area (TPSA) is 108 Å². The number of nitriles is 1. The molecule has 1 heterocycles. The number of methoxy groups -OCH3 is 1. The van der Waals surface area contributed by atoms with Crippen molar-refractivity contribution in [2.45, 2.75) is 51.7 Å². The lowest BCUT2D eigenvalue weighted by Crippen LogP contribution is -2.39. The number of hydrogen-bond acceptors (Lipinski definition) is 5. The molecule has 1 aliphatic rings. The highest BCUT2D eigenvalue weighted by Crippen LogP contribution is 2.27. The fourth-order valence-electron chi connectivity index (χ4n) is 4.12. The Labute approximate surface area is 200 Å². The lowest BCUT2D eigenvalue weighted by Gasteiger charge is -2.22. The molecule has 1 aliphatic heterocycles. The van der Waals surface area contributed by atoms with Crippen molar-refractivity contribution in [3.8, 4) is 6.07 Å². The number of rotatable bonds is 8. The van der Waals surface area contributed by atoms with Crippen LogP contribution in [0.2, 0.25) is 0 Å². The van der Waals surface area contributed by atoms with E-state index in [1.807, 2.05) is 45.0 Å². The predicted molar refractivity (Wildman–Crippen MR) is 128 cm³/mol. The van der Waals surface area contributed by atoms with Crippen LogP contribution in [-0.4, -0.2) is 31.3 Å². The summed E-state index contributed by atoms with van der Waals surface area (Å²) in [5, 5.41) is 15.1. The molecule has 0 bridgehead atoms. The Morgan fingerprint density at radius 2 is 1.85 bits per heavy atom. The molecule has 178 valence electrons. The lowest BCUT2D eigenvalue weighted by atomic mass is 9.83. The summed E-state index contributed by atoms with van der Waals surface area (Å²) in [5.41, 5.74) is 3.58. The van der Waals surface area contributed by atoms with E-state index in [2.05, 4.69) is 16.7 Å². The maximum atomic E-state index is 13.4. The number of carbonyl (C=O) groups excluding carboxylic acids is 3. The molecule has 2 N–H and O–H groups in total. The summed E-state index contributed by atoms with van der Waals surface area (Å²) in [4.78, 5) is 37.8. The first-order chi connectivity index (χ1) is 16.1. The van der Waals surface area contributed by atoms with Crippen LogP contribution in [0.4, 0.5) is 0 Å². The van der Waals surface area contributed by atoms with Gasteiger partial charge in [-0.1, -0.05) is 57.2 Å². The third-order valence-electron chi connectivity index (χ3n) is 5.97. The number of nitrogens with zero attached hydrogens (tertiary/aromatic N) is 1. The molecule has 34 heavy (non-hydrogen) atoms. The molecule has 2 atom stereocenters. The zero-order valence-corrected chi connectivity index (χ0v) is 20.1. The number of hydrogen-bond donors (Lipinski definition) is 2. The highest BCUT2D eigenvalue weighted by molar-refractivity contribution is 5.94. The molecule has 1 fully saturated rings. The Bertz CT molecular complexity index is 1110. The summed E-state index contributed by atoms with van der Waals surface area (Å²) >= 11 is 0. The van der Waals surface area contributed by atoms with Gasteiger partial charge in [-0.15, -0.1) is 0 Å². The first-order valence-corrected chi connectivity index (χ1v) is 11.3. The van der Waals surface area contributed by atoms with E-state index in [1.165, 1.54) is 0 Å². The van der Waals surface area contributed by atoms with Gasteiger partial charge in [0.25, 0.3) is 0 Å². The zero-order chi connectivity index (χ0) is 24.9. The number of ketones is 1. The van der Waals surface area contributed by atoms with E-state index in [9.17, 15) is 19.6 Å². The van der Waals surface area contributed by atoms with Gasteiger partial charge < -0.3 is 15.4 Å². The molecule has 2 aromatic rings. The second-order valence-electron chi connectivity index (χ2n) is 9.71. The molecule has 1 saturated heterocycles. The van der Waals surface area contributed by atoms with Gasteiger partial charge in [0.05, 0.1) is 24.2 Å². The maximum Gasteiger partial charge on any atom is 0.226 e. The van der Waals surface area contributed by atoms with Crippen LogP contribution in [-0.2, 0) is 37.6 Å². The Morgan fingerprint density at radius 3 is 2.41 bits per heavy atom. The summed E-state index contributed by atoms with van der Waals surface area (Å²) < 4.78 is 5.15. The van der Waals surface area contributed by atoms with E-state index in [4.69, 9.17) is 4.74 Å². The van der Waals surface area contributed by atoms with Crippen molar-refractivity contribution >= 4 is 17.6 Å². The van der Waals surface area contributed by atoms with E-state index in [0.29, 0.717) is 23.3 Å². The SMILES string of the molecule is COCc1ccc(C(NC(=O)C2CNC(=O)C2)C(=O)Cc2ccc(C(C)(C)C)c(C#N)c2)cc1. The molecule has 0 spiro atoms. The van der Waals surface area contributed by atoms with E-state index in [1.54, 1.807) is 25.3 Å². The number of benzene rings is 2. The predicted octanol–water partition coefficient (Wildman–Crippen LogP) is 3.11. The minimum Gasteiger partial charge on any atom is -0.380 e. The number of carbonyl (C=O) groups is 3. The fourth-order valence-corrected chi connectivity index (χ4v) is 4.12. The monoisotopic (exact) mass is 461 g/mol. The Kier molecular flexibility index (Phi) is 7.85. The molecule has 2 amide bonds. The van der Waals surface area contributed by atoms with E-state index >= 15 is 0 Å². The van der Waals surface area contributed by atoms with Crippen molar-refractivity contribution < 1.29 is 19.1 Å². The molecule has 2 unspecified atom stereocenters. The first kappa shape index (κ1) is 25.1. The van der Waals surface area contributed by atoms with Gasteiger partial charge in [-0.3, -0.25) is 14.4 Å². The lowest BCUT2D eigenvalue weighted by molar-refractivity contribution is -0.130. The maximum absolute atomic E-state index is 13.4. The Morgan fingerprint density at radius 1 is 1.18 bits per heavy atom. The van der Waals surface area contributed by atoms with Crippen molar-refractivity contribution in [1.29, 1.82) is 5.26 Å². The van der Waals surface area contributed by atoms with Gasteiger partial charge in [-0.05, 0) is 33.7 Å². The summed E-state index contributed by atoms with van der Waals surface area (Å²) in [7, 11) is 1.61. The molecule has 3 rings (SSSR count). The highest BCUT2D eigenvalue weighted by Gasteiger charge is 2.31. The van der Waals surface area contributed by atoms with Gasteiger partial charge >= 0.3 is 0 Å². The van der Waals surface area contributed by atoms with Crippen molar-refractivity contribution in [3.05, 3.63) is 70.3 Å². The standard InChI is InChI=1S/C27H31N3O4/c1-27(2,3)22-10-7-18(11-20(22)14-28)12-23(31)25(19-8-5-17(6-9-19)16-34-4)30-26(33)21-13-24(32)29-15-21/h5-11,21,25H,12-13,15-16H2,1-4H3,(H,29,32)(H,30,33). The third-order valence-corrected chi connectivity index (χ3v) is 5.97. The van der Waals surface area contributed by atoms with Crippen LogP contribution in [0.3, 0.4) is 0 Å².